The fourth-order valence-corrected chi connectivity index (χ4v) is 5.67. The molecule has 5 rings (SSSR count). The van der Waals surface area contributed by atoms with Crippen LogP contribution in [0.25, 0.3) is 11.6 Å². The van der Waals surface area contributed by atoms with Gasteiger partial charge in [-0.05, 0) is 32.1 Å². The molecule has 0 bridgehead atoms. The van der Waals surface area contributed by atoms with E-state index in [1.165, 1.54) is 11.3 Å². The Labute approximate surface area is 153 Å². The van der Waals surface area contributed by atoms with Gasteiger partial charge < -0.3 is 14.0 Å². The summed E-state index contributed by atoms with van der Waals surface area (Å²) in [6.07, 6.45) is 4.02. The summed E-state index contributed by atoms with van der Waals surface area (Å²) in [4.78, 5) is 4.44. The molecule has 140 valence electrons. The quantitative estimate of drug-likeness (QED) is 0.780. The Bertz CT molecular complexity index is 851. The first-order chi connectivity index (χ1) is 12.4. The number of nitrogens with zero attached hydrogens (tertiary/aromatic N) is 4. The Morgan fingerprint density at radius 3 is 2.65 bits per heavy atom. The zero-order chi connectivity index (χ0) is 18.1. The number of rotatable bonds is 1. The van der Waals surface area contributed by atoms with Crippen molar-refractivity contribution in [3.63, 3.8) is 0 Å². The first-order valence-electron chi connectivity index (χ1n) is 9.59. The lowest BCUT2D eigenvalue weighted by Gasteiger charge is -2.53. The SMILES string of the molecule is Cc1noc(-c2c3c(nn2C)[C@@]2(C)CCC4(OCCO4)[C@@H](C)[C@@H]2CC3)n1. The van der Waals surface area contributed by atoms with Crippen LogP contribution in [0.1, 0.15) is 50.2 Å². The summed E-state index contributed by atoms with van der Waals surface area (Å²) < 4.78 is 19.6. The molecule has 0 radical (unpaired) electrons. The maximum atomic E-state index is 6.10. The van der Waals surface area contributed by atoms with Gasteiger partial charge in [0.1, 0.15) is 5.69 Å². The molecule has 1 spiro atoms. The molecule has 0 aromatic carbocycles. The molecule has 2 aliphatic carbocycles. The van der Waals surface area contributed by atoms with Crippen LogP contribution in [0.3, 0.4) is 0 Å². The Hall–Kier alpha value is -1.73. The van der Waals surface area contributed by atoms with Crippen molar-refractivity contribution in [2.24, 2.45) is 18.9 Å². The molecule has 2 aromatic heterocycles. The molecule has 1 saturated carbocycles. The van der Waals surface area contributed by atoms with E-state index in [2.05, 4.69) is 24.0 Å². The first kappa shape index (κ1) is 16.4. The van der Waals surface area contributed by atoms with E-state index in [0.29, 0.717) is 36.8 Å². The molecule has 7 heteroatoms. The first-order valence-corrected chi connectivity index (χ1v) is 9.59. The largest absolute Gasteiger partial charge is 0.347 e. The highest BCUT2D eigenvalue weighted by Gasteiger charge is 2.58. The monoisotopic (exact) mass is 358 g/mol. The van der Waals surface area contributed by atoms with Crippen LogP contribution in [0.15, 0.2) is 4.52 Å². The van der Waals surface area contributed by atoms with Gasteiger partial charge in [-0.1, -0.05) is 19.0 Å². The van der Waals surface area contributed by atoms with Crippen LogP contribution in [-0.2, 0) is 28.4 Å². The second-order valence-electron chi connectivity index (χ2n) is 8.31. The lowest BCUT2D eigenvalue weighted by Crippen LogP contribution is -2.55. The van der Waals surface area contributed by atoms with Crippen molar-refractivity contribution in [2.75, 3.05) is 13.2 Å². The average molecular weight is 358 g/mol. The summed E-state index contributed by atoms with van der Waals surface area (Å²) in [6, 6.07) is 0. The summed E-state index contributed by atoms with van der Waals surface area (Å²) in [5.74, 6) is 1.69. The molecule has 0 amide bonds. The zero-order valence-corrected chi connectivity index (χ0v) is 15.9. The van der Waals surface area contributed by atoms with E-state index in [1.54, 1.807) is 0 Å². The van der Waals surface area contributed by atoms with E-state index < -0.39 is 0 Å². The summed E-state index contributed by atoms with van der Waals surface area (Å²) in [6.45, 7) is 7.93. The molecule has 2 aromatic rings. The van der Waals surface area contributed by atoms with E-state index in [9.17, 15) is 0 Å². The van der Waals surface area contributed by atoms with Crippen molar-refractivity contribution in [1.29, 1.82) is 0 Å². The van der Waals surface area contributed by atoms with Crippen LogP contribution in [0.4, 0.5) is 0 Å². The minimum absolute atomic E-state index is 0.0264. The third kappa shape index (κ3) is 2.04. The van der Waals surface area contributed by atoms with Gasteiger partial charge in [-0.3, -0.25) is 4.68 Å². The molecule has 3 atom stereocenters. The normalized spacial score (nSPS) is 32.6. The number of hydrogen-bond donors (Lipinski definition) is 0. The molecule has 1 saturated heterocycles. The van der Waals surface area contributed by atoms with Crippen LogP contribution in [-0.4, -0.2) is 38.9 Å². The fraction of sp³-hybridized carbons (Fsp3) is 0.737. The summed E-state index contributed by atoms with van der Waals surface area (Å²) >= 11 is 0. The van der Waals surface area contributed by atoms with Gasteiger partial charge in [0.15, 0.2) is 11.6 Å². The molecule has 7 nitrogen and oxygen atoms in total. The second kappa shape index (κ2) is 5.39. The molecular weight excluding hydrogens is 332 g/mol. The second-order valence-corrected chi connectivity index (χ2v) is 8.31. The van der Waals surface area contributed by atoms with Crippen LogP contribution < -0.4 is 0 Å². The Morgan fingerprint density at radius 1 is 1.19 bits per heavy atom. The van der Waals surface area contributed by atoms with Gasteiger partial charge in [-0.15, -0.1) is 0 Å². The Morgan fingerprint density at radius 2 is 1.96 bits per heavy atom. The number of hydrogen-bond acceptors (Lipinski definition) is 6. The van der Waals surface area contributed by atoms with Crippen LogP contribution in [0.2, 0.25) is 0 Å². The minimum atomic E-state index is -0.386. The molecule has 3 aliphatic rings. The van der Waals surface area contributed by atoms with Crippen LogP contribution in [0.5, 0.6) is 0 Å². The van der Waals surface area contributed by atoms with Crippen LogP contribution >= 0.6 is 0 Å². The van der Waals surface area contributed by atoms with Gasteiger partial charge in [0, 0.05) is 30.4 Å². The van der Waals surface area contributed by atoms with Crippen molar-refractivity contribution in [1.82, 2.24) is 19.9 Å². The van der Waals surface area contributed by atoms with E-state index in [-0.39, 0.29) is 11.2 Å². The lowest BCUT2D eigenvalue weighted by molar-refractivity contribution is -0.234. The average Bonchev–Trinajstić information content (AvgIpc) is 3.31. The molecule has 26 heavy (non-hydrogen) atoms. The highest BCUT2D eigenvalue weighted by atomic mass is 16.7. The fourth-order valence-electron chi connectivity index (χ4n) is 5.67. The van der Waals surface area contributed by atoms with E-state index in [4.69, 9.17) is 19.1 Å². The number of aromatic nitrogens is 4. The van der Waals surface area contributed by atoms with Crippen molar-refractivity contribution >= 4 is 0 Å². The van der Waals surface area contributed by atoms with E-state index in [0.717, 1.165) is 31.4 Å². The van der Waals surface area contributed by atoms with Crippen LogP contribution in [0, 0.1) is 18.8 Å². The van der Waals surface area contributed by atoms with Crippen molar-refractivity contribution in [3.05, 3.63) is 17.1 Å². The zero-order valence-electron chi connectivity index (χ0n) is 15.9. The predicted molar refractivity (Wildman–Crippen MR) is 93.4 cm³/mol. The number of fused-ring (bicyclic) bond motifs is 3. The highest BCUT2D eigenvalue weighted by molar-refractivity contribution is 5.58. The molecular formula is C19H26N4O3. The number of aryl methyl sites for hydroxylation is 2. The molecule has 0 N–H and O–H groups in total. The van der Waals surface area contributed by atoms with Gasteiger partial charge in [-0.2, -0.15) is 10.1 Å². The summed E-state index contributed by atoms with van der Waals surface area (Å²) in [5, 5.41) is 8.91. The summed E-state index contributed by atoms with van der Waals surface area (Å²) in [5.41, 5.74) is 3.47. The Balaban J connectivity index is 1.58. The molecule has 1 aliphatic heterocycles. The van der Waals surface area contributed by atoms with E-state index in [1.807, 2.05) is 18.7 Å². The third-order valence-corrected chi connectivity index (χ3v) is 7.01. The molecule has 2 fully saturated rings. The molecule has 0 unspecified atom stereocenters. The smallest absolute Gasteiger partial charge is 0.276 e. The predicted octanol–water partition coefficient (Wildman–Crippen LogP) is 2.77. The number of ether oxygens (including phenoxy) is 2. The Kier molecular flexibility index (Phi) is 3.41. The lowest BCUT2D eigenvalue weighted by atomic mass is 9.55. The van der Waals surface area contributed by atoms with E-state index >= 15 is 0 Å². The third-order valence-electron chi connectivity index (χ3n) is 7.01. The topological polar surface area (TPSA) is 75.2 Å². The van der Waals surface area contributed by atoms with Gasteiger partial charge in [-0.25, -0.2) is 0 Å². The standard InChI is InChI=1S/C19H26N4O3/c1-11-14-6-5-13-15(17-20-12(2)22-26-17)23(4)21-16(13)18(14,3)7-8-19(11)24-9-10-25-19/h11,14H,5-10H2,1-4H3/t11-,14-,18-/m0/s1. The van der Waals surface area contributed by atoms with Crippen molar-refractivity contribution < 1.29 is 14.0 Å². The van der Waals surface area contributed by atoms with Crippen molar-refractivity contribution in [2.45, 2.75) is 57.7 Å². The van der Waals surface area contributed by atoms with Gasteiger partial charge in [0.2, 0.25) is 0 Å². The van der Waals surface area contributed by atoms with Crippen molar-refractivity contribution in [3.8, 4) is 11.6 Å². The minimum Gasteiger partial charge on any atom is -0.347 e. The van der Waals surface area contributed by atoms with Gasteiger partial charge >= 0.3 is 0 Å². The van der Waals surface area contributed by atoms with Gasteiger partial charge in [0.25, 0.3) is 5.89 Å². The maximum Gasteiger partial charge on any atom is 0.276 e. The maximum absolute atomic E-state index is 6.10. The van der Waals surface area contributed by atoms with Gasteiger partial charge in [0.05, 0.1) is 18.9 Å². The molecule has 3 heterocycles. The summed E-state index contributed by atoms with van der Waals surface area (Å²) in [7, 11) is 1.97. The highest BCUT2D eigenvalue weighted by Crippen LogP contribution is 2.57.